The van der Waals surface area contributed by atoms with Crippen LogP contribution in [0.3, 0.4) is 0 Å². The van der Waals surface area contributed by atoms with Gasteiger partial charge in [0.05, 0.1) is 32.4 Å². The van der Waals surface area contributed by atoms with E-state index in [1.165, 1.54) is 12.0 Å². The highest BCUT2D eigenvalue weighted by Crippen LogP contribution is 2.27. The Hall–Kier alpha value is -2.03. The van der Waals surface area contributed by atoms with Crippen molar-refractivity contribution in [1.82, 2.24) is 9.80 Å². The molecule has 0 spiro atoms. The first-order valence-corrected chi connectivity index (χ1v) is 9.59. The van der Waals surface area contributed by atoms with Crippen molar-refractivity contribution in [3.8, 4) is 0 Å². The van der Waals surface area contributed by atoms with E-state index in [1.54, 1.807) is 0 Å². The molecule has 1 aromatic rings. The predicted octanol–water partition coefficient (Wildman–Crippen LogP) is 1.27. The minimum Gasteiger partial charge on any atom is -0.469 e. The SMILES string of the molecule is COC(=O)C[C@H]1C(=O)N(c2ccccc2)C(=S)N1CCCN1CCOCC1. The number of esters is 1. The maximum absolute atomic E-state index is 13.0. The van der Waals surface area contributed by atoms with E-state index in [9.17, 15) is 9.59 Å². The summed E-state index contributed by atoms with van der Waals surface area (Å²) in [7, 11) is 1.33. The number of rotatable bonds is 7. The number of amides is 1. The van der Waals surface area contributed by atoms with Crippen LogP contribution in [0.25, 0.3) is 0 Å². The molecule has 146 valence electrons. The summed E-state index contributed by atoms with van der Waals surface area (Å²) in [5.41, 5.74) is 0.720. The van der Waals surface area contributed by atoms with Crippen molar-refractivity contribution in [3.05, 3.63) is 30.3 Å². The molecule has 2 saturated heterocycles. The van der Waals surface area contributed by atoms with Gasteiger partial charge in [0.1, 0.15) is 6.04 Å². The summed E-state index contributed by atoms with van der Waals surface area (Å²) in [6.07, 6.45) is 0.851. The monoisotopic (exact) mass is 391 g/mol. The quantitative estimate of drug-likeness (QED) is 0.512. The highest BCUT2D eigenvalue weighted by atomic mass is 32.1. The van der Waals surface area contributed by atoms with E-state index in [0.717, 1.165) is 45.0 Å². The Labute approximate surface area is 164 Å². The molecule has 7 nitrogen and oxygen atoms in total. The molecular weight excluding hydrogens is 366 g/mol. The first kappa shape index (κ1) is 19.7. The number of hydrogen-bond donors (Lipinski definition) is 0. The molecule has 1 aromatic carbocycles. The van der Waals surface area contributed by atoms with E-state index in [2.05, 4.69) is 4.90 Å². The fourth-order valence-corrected chi connectivity index (χ4v) is 3.85. The Balaban J connectivity index is 1.70. The molecule has 1 atom stereocenters. The summed E-state index contributed by atoms with van der Waals surface area (Å²) in [5.74, 6) is -0.591. The molecule has 0 aromatic heterocycles. The second kappa shape index (κ2) is 9.25. The lowest BCUT2D eigenvalue weighted by molar-refractivity contribution is -0.143. The van der Waals surface area contributed by atoms with Gasteiger partial charge < -0.3 is 14.4 Å². The zero-order valence-electron chi connectivity index (χ0n) is 15.5. The van der Waals surface area contributed by atoms with Crippen LogP contribution in [0, 0.1) is 0 Å². The van der Waals surface area contributed by atoms with Gasteiger partial charge in [-0.15, -0.1) is 0 Å². The zero-order valence-corrected chi connectivity index (χ0v) is 16.3. The van der Waals surface area contributed by atoms with Gasteiger partial charge in [-0.2, -0.15) is 0 Å². The van der Waals surface area contributed by atoms with Crippen molar-refractivity contribution in [1.29, 1.82) is 0 Å². The van der Waals surface area contributed by atoms with E-state index < -0.39 is 12.0 Å². The van der Waals surface area contributed by atoms with Crippen molar-refractivity contribution in [2.45, 2.75) is 18.9 Å². The van der Waals surface area contributed by atoms with E-state index in [1.807, 2.05) is 35.2 Å². The Morgan fingerprint density at radius 3 is 2.59 bits per heavy atom. The molecule has 2 heterocycles. The van der Waals surface area contributed by atoms with Crippen LogP contribution in [-0.4, -0.2) is 79.3 Å². The van der Waals surface area contributed by atoms with Crippen molar-refractivity contribution < 1.29 is 19.1 Å². The number of morpholine rings is 1. The third-order valence-electron chi connectivity index (χ3n) is 4.90. The van der Waals surface area contributed by atoms with Gasteiger partial charge in [0.15, 0.2) is 5.11 Å². The molecule has 2 aliphatic heterocycles. The average molecular weight is 391 g/mol. The number of benzene rings is 1. The molecule has 27 heavy (non-hydrogen) atoms. The van der Waals surface area contributed by atoms with Crippen LogP contribution < -0.4 is 4.90 Å². The van der Waals surface area contributed by atoms with Gasteiger partial charge in [-0.3, -0.25) is 19.4 Å². The van der Waals surface area contributed by atoms with Gasteiger partial charge in [-0.05, 0) is 30.8 Å². The molecule has 8 heteroatoms. The summed E-state index contributed by atoms with van der Waals surface area (Å²) in [5, 5.41) is 0.446. The number of thiocarbonyl (C=S) groups is 1. The average Bonchev–Trinajstić information content (AvgIpc) is 2.93. The Morgan fingerprint density at radius 2 is 1.93 bits per heavy atom. The van der Waals surface area contributed by atoms with Crippen LogP contribution in [0.15, 0.2) is 30.3 Å². The molecule has 0 saturated carbocycles. The number of carbonyl (C=O) groups excluding carboxylic acids is 2. The van der Waals surface area contributed by atoms with E-state index in [-0.39, 0.29) is 12.3 Å². The van der Waals surface area contributed by atoms with Gasteiger partial charge in [0.2, 0.25) is 0 Å². The molecule has 0 N–H and O–H groups in total. The topological polar surface area (TPSA) is 62.3 Å². The third kappa shape index (κ3) is 4.63. The Kier molecular flexibility index (Phi) is 6.76. The van der Waals surface area contributed by atoms with E-state index in [0.29, 0.717) is 11.7 Å². The molecule has 3 rings (SSSR count). The van der Waals surface area contributed by atoms with Gasteiger partial charge in [-0.25, -0.2) is 0 Å². The Morgan fingerprint density at radius 1 is 1.22 bits per heavy atom. The van der Waals surface area contributed by atoms with Crippen molar-refractivity contribution in [2.75, 3.05) is 51.4 Å². The van der Waals surface area contributed by atoms with Gasteiger partial charge in [0.25, 0.3) is 5.91 Å². The van der Waals surface area contributed by atoms with Gasteiger partial charge >= 0.3 is 5.97 Å². The summed E-state index contributed by atoms with van der Waals surface area (Å²) in [4.78, 5) is 30.6. The number of anilines is 1. The lowest BCUT2D eigenvalue weighted by Gasteiger charge is -2.28. The lowest BCUT2D eigenvalue weighted by Crippen LogP contribution is -2.41. The van der Waals surface area contributed by atoms with Crippen LogP contribution in [0.1, 0.15) is 12.8 Å². The third-order valence-corrected chi connectivity index (χ3v) is 5.31. The normalized spacial score (nSPS) is 21.0. The number of ether oxygens (including phenoxy) is 2. The van der Waals surface area contributed by atoms with Crippen LogP contribution >= 0.6 is 12.2 Å². The van der Waals surface area contributed by atoms with Crippen LogP contribution in [0.2, 0.25) is 0 Å². The summed E-state index contributed by atoms with van der Waals surface area (Å²) >= 11 is 5.60. The number of nitrogens with zero attached hydrogens (tertiary/aromatic N) is 3. The van der Waals surface area contributed by atoms with Gasteiger partial charge in [0, 0.05) is 26.2 Å². The fraction of sp³-hybridized carbons (Fsp3) is 0.526. The van der Waals surface area contributed by atoms with Crippen molar-refractivity contribution >= 4 is 34.9 Å². The molecule has 2 aliphatic rings. The van der Waals surface area contributed by atoms with Crippen LogP contribution in [0.5, 0.6) is 0 Å². The van der Waals surface area contributed by atoms with Crippen LogP contribution in [-0.2, 0) is 19.1 Å². The summed E-state index contributed by atoms with van der Waals surface area (Å²) < 4.78 is 10.2. The Bertz CT molecular complexity index is 679. The summed E-state index contributed by atoms with van der Waals surface area (Å²) in [6, 6.07) is 8.69. The number of hydrogen-bond acceptors (Lipinski definition) is 6. The molecule has 1 amide bonds. The van der Waals surface area contributed by atoms with E-state index in [4.69, 9.17) is 21.7 Å². The maximum Gasteiger partial charge on any atom is 0.308 e. The maximum atomic E-state index is 13.0. The summed E-state index contributed by atoms with van der Waals surface area (Å²) in [6.45, 7) is 4.89. The smallest absolute Gasteiger partial charge is 0.308 e. The molecule has 0 aliphatic carbocycles. The van der Waals surface area contributed by atoms with Crippen molar-refractivity contribution in [2.24, 2.45) is 0 Å². The molecule has 0 unspecified atom stereocenters. The van der Waals surface area contributed by atoms with E-state index >= 15 is 0 Å². The lowest BCUT2D eigenvalue weighted by atomic mass is 10.1. The van der Waals surface area contributed by atoms with Crippen molar-refractivity contribution in [3.63, 3.8) is 0 Å². The number of carbonyl (C=O) groups is 2. The molecule has 0 radical (unpaired) electrons. The largest absolute Gasteiger partial charge is 0.469 e. The van der Waals surface area contributed by atoms with Crippen LogP contribution in [0.4, 0.5) is 5.69 Å². The molecular formula is C19H25N3O4S. The number of para-hydroxylation sites is 1. The fourth-order valence-electron chi connectivity index (χ4n) is 3.43. The zero-order chi connectivity index (χ0) is 19.2. The van der Waals surface area contributed by atoms with Gasteiger partial charge in [-0.1, -0.05) is 18.2 Å². The second-order valence-corrected chi connectivity index (χ2v) is 6.95. The minimum absolute atomic E-state index is 0.00361. The predicted molar refractivity (Wildman–Crippen MR) is 106 cm³/mol. The highest BCUT2D eigenvalue weighted by molar-refractivity contribution is 7.80. The molecule has 2 fully saturated rings. The molecule has 0 bridgehead atoms. The number of methoxy groups -OCH3 is 1. The standard InChI is InChI=1S/C19H25N3O4S/c1-25-17(23)14-16-18(24)22(15-6-3-2-4-7-15)19(27)21(16)9-5-8-20-10-12-26-13-11-20/h2-4,6-7,16H,5,8-14H2,1H3/t16-/m0/s1. The first-order chi connectivity index (χ1) is 13.1. The second-order valence-electron chi connectivity index (χ2n) is 6.59. The first-order valence-electron chi connectivity index (χ1n) is 9.18. The minimum atomic E-state index is -0.616. The highest BCUT2D eigenvalue weighted by Gasteiger charge is 2.44.